The van der Waals surface area contributed by atoms with Crippen LogP contribution >= 0.6 is 11.6 Å². The predicted octanol–water partition coefficient (Wildman–Crippen LogP) is 4.98. The molecule has 0 aliphatic heterocycles. The molecule has 2 nitrogen and oxygen atoms in total. The average Bonchev–Trinajstić information content (AvgIpc) is 2.45. The molecule has 0 atom stereocenters. The van der Waals surface area contributed by atoms with Gasteiger partial charge in [0, 0.05) is 22.8 Å². The van der Waals surface area contributed by atoms with Gasteiger partial charge in [0.05, 0.1) is 12.7 Å². The maximum atomic E-state index is 12.6. The molecule has 2 aromatic carbocycles. The van der Waals surface area contributed by atoms with E-state index in [4.69, 9.17) is 16.3 Å². The monoisotopic (exact) mass is 315 g/mol. The van der Waals surface area contributed by atoms with E-state index in [9.17, 15) is 13.2 Å². The molecule has 0 aromatic heterocycles. The first kappa shape index (κ1) is 15.5. The molecule has 0 fully saturated rings. The molecule has 112 valence electrons. The molecular formula is C15H13ClF3NO. The number of anilines is 1. The van der Waals surface area contributed by atoms with Crippen molar-refractivity contribution in [2.24, 2.45) is 0 Å². The Morgan fingerprint density at radius 1 is 1.14 bits per heavy atom. The second-order valence-electron chi connectivity index (χ2n) is 4.39. The number of benzene rings is 2. The zero-order valence-corrected chi connectivity index (χ0v) is 11.9. The Balaban J connectivity index is 2.15. The quantitative estimate of drug-likeness (QED) is 0.859. The van der Waals surface area contributed by atoms with Gasteiger partial charge in [0.2, 0.25) is 0 Å². The van der Waals surface area contributed by atoms with Crippen molar-refractivity contribution in [1.82, 2.24) is 0 Å². The largest absolute Gasteiger partial charge is 0.496 e. The molecule has 6 heteroatoms. The molecular weight excluding hydrogens is 303 g/mol. The van der Waals surface area contributed by atoms with Crippen LogP contribution in [0.3, 0.4) is 0 Å². The standard InChI is InChI=1S/C15H13ClF3NO/c1-21-14-6-5-12(16)7-10(14)9-20-13-4-2-3-11(8-13)15(17,18)19/h2-8,20H,9H2,1H3. The van der Waals surface area contributed by atoms with Crippen molar-refractivity contribution in [3.63, 3.8) is 0 Å². The van der Waals surface area contributed by atoms with E-state index >= 15 is 0 Å². The maximum Gasteiger partial charge on any atom is 0.416 e. The molecule has 0 unspecified atom stereocenters. The highest BCUT2D eigenvalue weighted by molar-refractivity contribution is 6.30. The van der Waals surface area contributed by atoms with Gasteiger partial charge in [-0.2, -0.15) is 13.2 Å². The fourth-order valence-electron chi connectivity index (χ4n) is 1.89. The van der Waals surface area contributed by atoms with Crippen molar-refractivity contribution in [3.8, 4) is 5.75 Å². The van der Waals surface area contributed by atoms with Gasteiger partial charge in [0.1, 0.15) is 5.75 Å². The van der Waals surface area contributed by atoms with Crippen molar-refractivity contribution in [2.45, 2.75) is 12.7 Å². The SMILES string of the molecule is COc1ccc(Cl)cc1CNc1cccc(C(F)(F)F)c1. The summed E-state index contributed by atoms with van der Waals surface area (Å²) < 4.78 is 43.1. The fraction of sp³-hybridized carbons (Fsp3) is 0.200. The first-order valence-corrected chi connectivity index (χ1v) is 6.51. The molecule has 0 saturated heterocycles. The Bertz CT molecular complexity index is 629. The Morgan fingerprint density at radius 3 is 2.57 bits per heavy atom. The van der Waals surface area contributed by atoms with Gasteiger partial charge < -0.3 is 10.1 Å². The number of ether oxygens (including phenoxy) is 1. The highest BCUT2D eigenvalue weighted by Crippen LogP contribution is 2.31. The first-order valence-electron chi connectivity index (χ1n) is 6.13. The molecule has 0 spiro atoms. The minimum absolute atomic E-state index is 0.311. The zero-order chi connectivity index (χ0) is 15.5. The Labute approximate surface area is 125 Å². The van der Waals surface area contributed by atoms with Gasteiger partial charge in [-0.15, -0.1) is 0 Å². The Morgan fingerprint density at radius 2 is 1.90 bits per heavy atom. The van der Waals surface area contributed by atoms with Crippen LogP contribution in [-0.4, -0.2) is 7.11 Å². The van der Waals surface area contributed by atoms with Gasteiger partial charge in [-0.3, -0.25) is 0 Å². The third-order valence-corrected chi connectivity index (χ3v) is 3.15. The molecule has 2 rings (SSSR count). The van der Waals surface area contributed by atoms with Gasteiger partial charge in [-0.05, 0) is 36.4 Å². The molecule has 0 saturated carbocycles. The lowest BCUT2D eigenvalue weighted by Crippen LogP contribution is -2.06. The first-order chi connectivity index (χ1) is 9.90. The van der Waals surface area contributed by atoms with Crippen molar-refractivity contribution in [2.75, 3.05) is 12.4 Å². The minimum atomic E-state index is -4.36. The predicted molar refractivity (Wildman–Crippen MR) is 76.8 cm³/mol. The molecule has 1 N–H and O–H groups in total. The number of rotatable bonds is 4. The molecule has 0 aliphatic rings. The van der Waals surface area contributed by atoms with Crippen molar-refractivity contribution in [3.05, 3.63) is 58.6 Å². The number of nitrogens with one attached hydrogen (secondary N) is 1. The van der Waals surface area contributed by atoms with Crippen LogP contribution in [0.4, 0.5) is 18.9 Å². The highest BCUT2D eigenvalue weighted by atomic mass is 35.5. The van der Waals surface area contributed by atoms with Crippen LogP contribution in [0.5, 0.6) is 5.75 Å². The molecule has 0 bridgehead atoms. The highest BCUT2D eigenvalue weighted by Gasteiger charge is 2.30. The van der Waals surface area contributed by atoms with Gasteiger partial charge in [0.25, 0.3) is 0 Å². The number of alkyl halides is 3. The number of hydrogen-bond donors (Lipinski definition) is 1. The lowest BCUT2D eigenvalue weighted by molar-refractivity contribution is -0.137. The van der Waals surface area contributed by atoms with E-state index in [1.54, 1.807) is 24.3 Å². The fourth-order valence-corrected chi connectivity index (χ4v) is 2.08. The molecule has 21 heavy (non-hydrogen) atoms. The van der Waals surface area contributed by atoms with Crippen LogP contribution < -0.4 is 10.1 Å². The van der Waals surface area contributed by atoms with E-state index in [-0.39, 0.29) is 0 Å². The Kier molecular flexibility index (Phi) is 4.63. The van der Waals surface area contributed by atoms with Gasteiger partial charge in [-0.25, -0.2) is 0 Å². The third kappa shape index (κ3) is 4.04. The summed E-state index contributed by atoms with van der Waals surface area (Å²) in [5, 5.41) is 3.48. The van der Waals surface area contributed by atoms with Crippen LogP contribution in [-0.2, 0) is 12.7 Å². The van der Waals surface area contributed by atoms with Crippen LogP contribution in [0, 0.1) is 0 Å². The molecule has 0 radical (unpaired) electrons. The summed E-state index contributed by atoms with van der Waals surface area (Å²) >= 11 is 5.91. The number of hydrogen-bond acceptors (Lipinski definition) is 2. The molecule has 0 amide bonds. The Hall–Kier alpha value is -1.88. The van der Waals surface area contributed by atoms with Crippen LogP contribution in [0.25, 0.3) is 0 Å². The van der Waals surface area contributed by atoms with Gasteiger partial charge >= 0.3 is 6.18 Å². The van der Waals surface area contributed by atoms with E-state index in [0.29, 0.717) is 23.0 Å². The van der Waals surface area contributed by atoms with Crippen LogP contribution in [0.2, 0.25) is 5.02 Å². The van der Waals surface area contributed by atoms with E-state index < -0.39 is 11.7 Å². The smallest absolute Gasteiger partial charge is 0.416 e. The van der Waals surface area contributed by atoms with Crippen molar-refractivity contribution in [1.29, 1.82) is 0 Å². The van der Waals surface area contributed by atoms with E-state index in [1.807, 2.05) is 0 Å². The van der Waals surface area contributed by atoms with Crippen LogP contribution in [0.15, 0.2) is 42.5 Å². The molecule has 0 heterocycles. The summed E-state index contributed by atoms with van der Waals surface area (Å²) in [6.45, 7) is 0.311. The summed E-state index contributed by atoms with van der Waals surface area (Å²) in [4.78, 5) is 0. The molecule has 2 aromatic rings. The third-order valence-electron chi connectivity index (χ3n) is 2.92. The van der Waals surface area contributed by atoms with Gasteiger partial charge in [-0.1, -0.05) is 17.7 Å². The summed E-state index contributed by atoms with van der Waals surface area (Å²) in [6, 6.07) is 10.1. The van der Waals surface area contributed by atoms with E-state index in [2.05, 4.69) is 5.32 Å². The summed E-state index contributed by atoms with van der Waals surface area (Å²) in [5.41, 5.74) is 0.458. The number of halogens is 4. The average molecular weight is 316 g/mol. The zero-order valence-electron chi connectivity index (χ0n) is 11.2. The summed E-state index contributed by atoms with van der Waals surface area (Å²) in [5.74, 6) is 0.624. The lowest BCUT2D eigenvalue weighted by atomic mass is 10.1. The second-order valence-corrected chi connectivity index (χ2v) is 4.82. The maximum absolute atomic E-state index is 12.6. The molecule has 0 aliphatic carbocycles. The van der Waals surface area contributed by atoms with Gasteiger partial charge in [0.15, 0.2) is 0 Å². The summed E-state index contributed by atoms with van der Waals surface area (Å²) in [6.07, 6.45) is -4.36. The van der Waals surface area contributed by atoms with Crippen molar-refractivity contribution >= 4 is 17.3 Å². The number of methoxy groups -OCH3 is 1. The topological polar surface area (TPSA) is 21.3 Å². The van der Waals surface area contributed by atoms with E-state index in [1.165, 1.54) is 13.2 Å². The van der Waals surface area contributed by atoms with Crippen LogP contribution in [0.1, 0.15) is 11.1 Å². The second kappa shape index (κ2) is 6.26. The van der Waals surface area contributed by atoms with Crippen molar-refractivity contribution < 1.29 is 17.9 Å². The lowest BCUT2D eigenvalue weighted by Gasteiger charge is -2.13. The summed E-state index contributed by atoms with van der Waals surface area (Å²) in [7, 11) is 1.52. The van der Waals surface area contributed by atoms with E-state index in [0.717, 1.165) is 17.7 Å². The normalized spacial score (nSPS) is 11.3. The minimum Gasteiger partial charge on any atom is -0.496 e.